The van der Waals surface area contributed by atoms with Crippen LogP contribution in [-0.4, -0.2) is 12.2 Å². The van der Waals surface area contributed by atoms with Crippen molar-refractivity contribution in [2.75, 3.05) is 5.32 Å². The van der Waals surface area contributed by atoms with Crippen molar-refractivity contribution in [3.8, 4) is 0 Å². The Morgan fingerprint density at radius 2 is 2.20 bits per heavy atom. The van der Waals surface area contributed by atoms with Crippen LogP contribution in [0.1, 0.15) is 13.8 Å². The van der Waals surface area contributed by atoms with Crippen LogP contribution in [0.4, 0.5) is 14.9 Å². The summed E-state index contributed by atoms with van der Waals surface area (Å²) in [6.07, 6.45) is -0.794. The summed E-state index contributed by atoms with van der Waals surface area (Å²) < 4.78 is 18.2. The second-order valence-electron chi connectivity index (χ2n) is 3.21. The summed E-state index contributed by atoms with van der Waals surface area (Å²) in [6, 6.07) is 4.31. The first-order chi connectivity index (χ1) is 6.99. The topological polar surface area (TPSA) is 38.3 Å². The number of nitrogens with one attached hydrogen (secondary N) is 1. The second-order valence-corrected chi connectivity index (χ2v) is 4.06. The summed E-state index contributed by atoms with van der Waals surface area (Å²) in [5.74, 6) is -0.433. The number of carbonyl (C=O) groups is 1. The summed E-state index contributed by atoms with van der Waals surface area (Å²) in [7, 11) is 0. The molecular formula is C10H11BrFNO2. The van der Waals surface area contributed by atoms with Gasteiger partial charge in [-0.25, -0.2) is 9.18 Å². The molecule has 0 unspecified atom stereocenters. The molecule has 0 radical (unpaired) electrons. The Morgan fingerprint density at radius 3 is 2.73 bits per heavy atom. The zero-order valence-corrected chi connectivity index (χ0v) is 9.97. The molecule has 3 nitrogen and oxygen atoms in total. The molecule has 82 valence electrons. The zero-order valence-electron chi connectivity index (χ0n) is 8.38. The van der Waals surface area contributed by atoms with Crippen LogP contribution >= 0.6 is 15.9 Å². The Hall–Kier alpha value is -1.10. The van der Waals surface area contributed by atoms with Gasteiger partial charge in [0.25, 0.3) is 0 Å². The number of amides is 1. The Kier molecular flexibility index (Phi) is 4.08. The summed E-state index contributed by atoms with van der Waals surface area (Å²) in [4.78, 5) is 11.2. The highest BCUT2D eigenvalue weighted by atomic mass is 79.9. The second kappa shape index (κ2) is 5.11. The maximum atomic E-state index is 13.1. The minimum absolute atomic E-state index is 0.203. The number of hydrogen-bond acceptors (Lipinski definition) is 2. The summed E-state index contributed by atoms with van der Waals surface area (Å²) in [5.41, 5.74) is 0.362. The third-order valence-corrected chi connectivity index (χ3v) is 2.15. The molecular weight excluding hydrogens is 265 g/mol. The van der Waals surface area contributed by atoms with Crippen molar-refractivity contribution in [2.45, 2.75) is 20.0 Å². The molecule has 0 bridgehead atoms. The van der Waals surface area contributed by atoms with Crippen molar-refractivity contribution in [1.82, 2.24) is 0 Å². The minimum atomic E-state index is -0.591. The van der Waals surface area contributed by atoms with Crippen LogP contribution in [0.2, 0.25) is 0 Å². The lowest BCUT2D eigenvalue weighted by Gasteiger charge is -2.09. The maximum absolute atomic E-state index is 13.1. The molecule has 0 aliphatic rings. The van der Waals surface area contributed by atoms with Gasteiger partial charge in [0.05, 0.1) is 10.6 Å². The van der Waals surface area contributed by atoms with Gasteiger partial charge in [-0.05, 0) is 48.0 Å². The first kappa shape index (κ1) is 12.0. The fourth-order valence-corrected chi connectivity index (χ4v) is 1.18. The van der Waals surface area contributed by atoms with E-state index in [0.717, 1.165) is 0 Å². The van der Waals surface area contributed by atoms with E-state index in [1.54, 1.807) is 19.9 Å². The molecule has 0 spiro atoms. The molecule has 1 aromatic rings. The number of hydrogen-bond donors (Lipinski definition) is 1. The molecule has 15 heavy (non-hydrogen) atoms. The van der Waals surface area contributed by atoms with E-state index in [4.69, 9.17) is 4.74 Å². The largest absolute Gasteiger partial charge is 0.447 e. The van der Waals surface area contributed by atoms with Crippen molar-refractivity contribution < 1.29 is 13.9 Å². The van der Waals surface area contributed by atoms with Crippen molar-refractivity contribution in [3.63, 3.8) is 0 Å². The van der Waals surface area contributed by atoms with Crippen molar-refractivity contribution >= 4 is 27.7 Å². The Balaban J connectivity index is 2.65. The number of benzene rings is 1. The highest BCUT2D eigenvalue weighted by molar-refractivity contribution is 9.10. The van der Waals surface area contributed by atoms with E-state index < -0.39 is 11.9 Å². The monoisotopic (exact) mass is 275 g/mol. The number of halogens is 2. The summed E-state index contributed by atoms with van der Waals surface area (Å²) >= 11 is 3.02. The predicted octanol–water partition coefficient (Wildman–Crippen LogP) is 3.55. The van der Waals surface area contributed by atoms with Gasteiger partial charge in [-0.2, -0.15) is 0 Å². The Labute approximate surface area is 95.7 Å². The van der Waals surface area contributed by atoms with Gasteiger partial charge >= 0.3 is 6.09 Å². The molecule has 0 aromatic heterocycles. The molecule has 0 fully saturated rings. The van der Waals surface area contributed by atoms with Gasteiger partial charge in [0.1, 0.15) is 5.82 Å². The number of ether oxygens (including phenoxy) is 1. The van der Waals surface area contributed by atoms with Gasteiger partial charge in [-0.3, -0.25) is 5.32 Å². The minimum Gasteiger partial charge on any atom is -0.447 e. The van der Waals surface area contributed by atoms with Crippen LogP contribution in [0, 0.1) is 5.82 Å². The molecule has 5 heteroatoms. The van der Waals surface area contributed by atoms with E-state index >= 15 is 0 Å². The molecule has 0 aliphatic carbocycles. The van der Waals surface area contributed by atoms with E-state index in [1.807, 2.05) is 0 Å². The van der Waals surface area contributed by atoms with Gasteiger partial charge in [0.15, 0.2) is 0 Å². The number of anilines is 1. The molecule has 1 aromatic carbocycles. The third-order valence-electron chi connectivity index (χ3n) is 1.51. The third kappa shape index (κ3) is 3.87. The average Bonchev–Trinajstić information content (AvgIpc) is 2.10. The van der Waals surface area contributed by atoms with E-state index in [9.17, 15) is 9.18 Å². The zero-order chi connectivity index (χ0) is 11.4. The fourth-order valence-electron chi connectivity index (χ4n) is 0.935. The molecule has 0 saturated heterocycles. The average molecular weight is 276 g/mol. The Morgan fingerprint density at radius 1 is 1.53 bits per heavy atom. The van der Waals surface area contributed by atoms with Crippen molar-refractivity contribution in [2.24, 2.45) is 0 Å². The first-order valence-corrected chi connectivity index (χ1v) is 5.21. The Bertz CT molecular complexity index is 368. The van der Waals surface area contributed by atoms with E-state index in [0.29, 0.717) is 10.2 Å². The lowest BCUT2D eigenvalue weighted by atomic mass is 10.3. The number of carbonyl (C=O) groups excluding carboxylic acids is 1. The fraction of sp³-hybridized carbons (Fsp3) is 0.300. The van der Waals surface area contributed by atoms with Crippen molar-refractivity contribution in [3.05, 3.63) is 28.5 Å². The molecule has 1 rings (SSSR count). The molecule has 1 amide bonds. The van der Waals surface area contributed by atoms with Crippen molar-refractivity contribution in [1.29, 1.82) is 0 Å². The molecule has 1 N–H and O–H groups in total. The van der Waals surface area contributed by atoms with E-state index in [1.165, 1.54) is 12.1 Å². The standard InChI is InChI=1S/C10H11BrFNO2/c1-6(2)15-10(14)13-7-3-4-8(11)9(12)5-7/h3-6H,1-2H3,(H,13,14). The quantitative estimate of drug-likeness (QED) is 0.897. The predicted molar refractivity (Wildman–Crippen MR) is 59.3 cm³/mol. The molecule has 0 aliphatic heterocycles. The van der Waals surface area contributed by atoms with Crippen LogP contribution in [0.25, 0.3) is 0 Å². The highest BCUT2D eigenvalue weighted by Gasteiger charge is 2.07. The number of rotatable bonds is 2. The summed E-state index contributed by atoms with van der Waals surface area (Å²) in [6.45, 7) is 3.48. The summed E-state index contributed by atoms with van der Waals surface area (Å²) in [5, 5.41) is 2.42. The SMILES string of the molecule is CC(C)OC(=O)Nc1ccc(Br)c(F)c1. The van der Waals surface area contributed by atoms with Gasteiger partial charge in [0, 0.05) is 5.69 Å². The molecule has 0 atom stereocenters. The van der Waals surface area contributed by atoms with Crippen LogP contribution in [0.3, 0.4) is 0 Å². The van der Waals surface area contributed by atoms with Crippen LogP contribution in [-0.2, 0) is 4.74 Å². The van der Waals surface area contributed by atoms with Gasteiger partial charge < -0.3 is 4.74 Å². The van der Waals surface area contributed by atoms with Gasteiger partial charge in [-0.15, -0.1) is 0 Å². The van der Waals surface area contributed by atoms with Gasteiger partial charge in [-0.1, -0.05) is 0 Å². The lowest BCUT2D eigenvalue weighted by Crippen LogP contribution is -2.17. The first-order valence-electron chi connectivity index (χ1n) is 4.41. The molecule has 0 saturated carbocycles. The van der Waals surface area contributed by atoms with Crippen LogP contribution in [0.15, 0.2) is 22.7 Å². The molecule has 0 heterocycles. The smallest absolute Gasteiger partial charge is 0.411 e. The van der Waals surface area contributed by atoms with E-state index in [-0.39, 0.29) is 6.10 Å². The van der Waals surface area contributed by atoms with Crippen LogP contribution in [0.5, 0.6) is 0 Å². The van der Waals surface area contributed by atoms with E-state index in [2.05, 4.69) is 21.2 Å². The van der Waals surface area contributed by atoms with Crippen LogP contribution < -0.4 is 5.32 Å². The normalized spacial score (nSPS) is 10.2. The maximum Gasteiger partial charge on any atom is 0.411 e. The highest BCUT2D eigenvalue weighted by Crippen LogP contribution is 2.19. The lowest BCUT2D eigenvalue weighted by molar-refractivity contribution is 0.130. The van der Waals surface area contributed by atoms with Gasteiger partial charge in [0.2, 0.25) is 0 Å².